The molecule has 1 fully saturated rings. The molecule has 3 heterocycles. The summed E-state index contributed by atoms with van der Waals surface area (Å²) in [6, 6.07) is 19.3. The van der Waals surface area contributed by atoms with E-state index in [2.05, 4.69) is 36.0 Å². The average molecular weight is 512 g/mol. The molecule has 37 heavy (non-hydrogen) atoms. The van der Waals surface area contributed by atoms with Crippen molar-refractivity contribution in [2.24, 2.45) is 0 Å². The van der Waals surface area contributed by atoms with Gasteiger partial charge in [0.05, 0.1) is 24.5 Å². The molecule has 0 spiro atoms. The van der Waals surface area contributed by atoms with E-state index < -0.39 is 0 Å². The fourth-order valence-corrected chi connectivity index (χ4v) is 4.35. The molecule has 4 aromatic rings. The van der Waals surface area contributed by atoms with Crippen molar-refractivity contribution in [1.29, 1.82) is 5.26 Å². The number of benzene rings is 2. The van der Waals surface area contributed by atoms with Gasteiger partial charge in [-0.1, -0.05) is 0 Å². The number of nitrogens with zero attached hydrogens (tertiary/aromatic N) is 5. The number of anilines is 3. The summed E-state index contributed by atoms with van der Waals surface area (Å²) < 4.78 is 14.6. The fraction of sp³-hybridized carbons (Fsp3) is 0.222. The number of hydrogen-bond acceptors (Lipinski definition) is 10. The first-order valence-electron chi connectivity index (χ1n) is 11.9. The molecule has 0 radical (unpaired) electrons. The number of hydrogen-bond donors (Lipinski definition) is 2. The quantitative estimate of drug-likeness (QED) is 0.292. The molecule has 1 saturated heterocycles. The van der Waals surface area contributed by atoms with E-state index in [1.807, 2.05) is 55.5 Å². The lowest BCUT2D eigenvalue weighted by molar-refractivity contribution is 0.0254. The van der Waals surface area contributed by atoms with Gasteiger partial charge in [0.25, 0.3) is 0 Å². The van der Waals surface area contributed by atoms with Gasteiger partial charge in [-0.25, -0.2) is 19.9 Å². The van der Waals surface area contributed by atoms with Crippen LogP contribution in [0.25, 0.3) is 11.3 Å². The summed E-state index contributed by atoms with van der Waals surface area (Å²) in [6.45, 7) is 3.29. The Labute approximate surface area is 219 Å². The molecule has 2 aromatic carbocycles. The molecule has 9 nitrogen and oxygen atoms in total. The maximum Gasteiger partial charge on any atom is 0.233 e. The van der Waals surface area contributed by atoms with E-state index in [4.69, 9.17) is 9.47 Å². The predicted molar refractivity (Wildman–Crippen MR) is 143 cm³/mol. The second-order valence-corrected chi connectivity index (χ2v) is 9.27. The zero-order valence-electron chi connectivity index (χ0n) is 20.2. The average Bonchev–Trinajstić information content (AvgIpc) is 2.94. The molecule has 186 valence electrons. The van der Waals surface area contributed by atoms with Crippen molar-refractivity contribution < 1.29 is 9.47 Å². The molecule has 2 aromatic heterocycles. The molecule has 2 N–H and O–H groups in total. The summed E-state index contributed by atoms with van der Waals surface area (Å²) in [4.78, 5) is 18.5. The zero-order chi connectivity index (χ0) is 25.5. The SMILES string of the molecule is Cc1ccnc(NSc2ccc(Nc3nccc(-c4ccc(OC5CCOCC5)c(C#N)c4)n3)cc2)n1. The largest absolute Gasteiger partial charge is 0.489 e. The molecular formula is C27H25N7O2S. The Morgan fingerprint density at radius 1 is 0.973 bits per heavy atom. The summed E-state index contributed by atoms with van der Waals surface area (Å²) in [5.41, 5.74) is 3.77. The molecule has 0 atom stereocenters. The first-order valence-corrected chi connectivity index (χ1v) is 12.7. The Kier molecular flexibility index (Phi) is 7.74. The minimum absolute atomic E-state index is 0.0676. The zero-order valence-corrected chi connectivity index (χ0v) is 21.0. The minimum Gasteiger partial charge on any atom is -0.489 e. The van der Waals surface area contributed by atoms with E-state index in [0.29, 0.717) is 42.1 Å². The molecule has 0 saturated carbocycles. The Morgan fingerprint density at radius 3 is 2.54 bits per heavy atom. The molecule has 10 heteroatoms. The van der Waals surface area contributed by atoms with E-state index in [9.17, 15) is 5.26 Å². The number of rotatable bonds is 8. The van der Waals surface area contributed by atoms with Gasteiger partial charge in [-0.2, -0.15) is 5.26 Å². The second-order valence-electron chi connectivity index (χ2n) is 8.39. The summed E-state index contributed by atoms with van der Waals surface area (Å²) in [5.74, 6) is 1.62. The van der Waals surface area contributed by atoms with Gasteiger partial charge >= 0.3 is 0 Å². The van der Waals surface area contributed by atoms with Crippen LogP contribution in [0.15, 0.2) is 71.9 Å². The maximum absolute atomic E-state index is 9.69. The normalized spacial score (nSPS) is 13.5. The Hall–Kier alpha value is -4.20. The van der Waals surface area contributed by atoms with Crippen molar-refractivity contribution in [3.63, 3.8) is 0 Å². The molecule has 0 amide bonds. The highest BCUT2D eigenvalue weighted by atomic mass is 32.2. The third-order valence-corrected chi connectivity index (χ3v) is 6.47. The Morgan fingerprint density at radius 2 is 1.76 bits per heavy atom. The van der Waals surface area contributed by atoms with Crippen molar-refractivity contribution in [3.8, 4) is 23.1 Å². The topological polar surface area (TPSA) is 118 Å². The molecule has 5 rings (SSSR count). The molecule has 0 bridgehead atoms. The number of nitriles is 1. The van der Waals surface area contributed by atoms with Crippen molar-refractivity contribution >= 4 is 29.5 Å². The maximum atomic E-state index is 9.69. The van der Waals surface area contributed by atoms with Crippen LogP contribution in [0.5, 0.6) is 5.75 Å². The third kappa shape index (κ3) is 6.52. The lowest BCUT2D eigenvalue weighted by Gasteiger charge is -2.23. The molecule has 1 aliphatic rings. The van der Waals surface area contributed by atoms with Crippen LogP contribution in [-0.2, 0) is 4.74 Å². The highest BCUT2D eigenvalue weighted by Gasteiger charge is 2.17. The number of nitrogens with one attached hydrogen (secondary N) is 2. The van der Waals surface area contributed by atoms with Gasteiger partial charge in [-0.05, 0) is 73.5 Å². The molecule has 0 unspecified atom stereocenters. The van der Waals surface area contributed by atoms with Crippen molar-refractivity contribution in [3.05, 3.63) is 78.2 Å². The van der Waals surface area contributed by atoms with Gasteiger partial charge in [0.15, 0.2) is 0 Å². The smallest absolute Gasteiger partial charge is 0.233 e. The van der Waals surface area contributed by atoms with Crippen LogP contribution in [-0.4, -0.2) is 39.3 Å². The third-order valence-electron chi connectivity index (χ3n) is 5.68. The molecule has 1 aliphatic heterocycles. The summed E-state index contributed by atoms with van der Waals surface area (Å²) >= 11 is 1.44. The van der Waals surface area contributed by atoms with Gasteiger partial charge < -0.3 is 14.8 Å². The van der Waals surface area contributed by atoms with E-state index in [1.54, 1.807) is 18.5 Å². The van der Waals surface area contributed by atoms with Gasteiger partial charge in [0, 0.05) is 47.1 Å². The molecular weight excluding hydrogens is 486 g/mol. The van der Waals surface area contributed by atoms with Crippen LogP contribution in [0.3, 0.4) is 0 Å². The highest BCUT2D eigenvalue weighted by Crippen LogP contribution is 2.28. The number of aromatic nitrogens is 4. The van der Waals surface area contributed by atoms with E-state index >= 15 is 0 Å². The minimum atomic E-state index is 0.0676. The Bertz CT molecular complexity index is 1400. The van der Waals surface area contributed by atoms with Crippen molar-refractivity contribution in [1.82, 2.24) is 19.9 Å². The lowest BCUT2D eigenvalue weighted by Crippen LogP contribution is -2.26. The monoisotopic (exact) mass is 511 g/mol. The van der Waals surface area contributed by atoms with Gasteiger partial charge in [-0.3, -0.25) is 4.72 Å². The predicted octanol–water partition coefficient (Wildman–Crippen LogP) is 5.53. The molecule has 0 aliphatic carbocycles. The number of ether oxygens (including phenoxy) is 2. The van der Waals surface area contributed by atoms with Crippen LogP contribution in [0.1, 0.15) is 24.1 Å². The van der Waals surface area contributed by atoms with Crippen LogP contribution >= 0.6 is 11.9 Å². The summed E-state index contributed by atoms with van der Waals surface area (Å²) in [5, 5.41) is 12.9. The van der Waals surface area contributed by atoms with Gasteiger partial charge in [0.1, 0.15) is 17.9 Å². The van der Waals surface area contributed by atoms with E-state index in [-0.39, 0.29) is 6.10 Å². The van der Waals surface area contributed by atoms with Crippen molar-refractivity contribution in [2.45, 2.75) is 30.8 Å². The second kappa shape index (κ2) is 11.7. The van der Waals surface area contributed by atoms with E-state index in [1.165, 1.54) is 11.9 Å². The van der Waals surface area contributed by atoms with Crippen molar-refractivity contribution in [2.75, 3.05) is 23.3 Å². The van der Waals surface area contributed by atoms with Gasteiger partial charge in [-0.15, -0.1) is 0 Å². The fourth-order valence-electron chi connectivity index (χ4n) is 3.77. The van der Waals surface area contributed by atoms with Gasteiger partial charge in [0.2, 0.25) is 11.9 Å². The summed E-state index contributed by atoms with van der Waals surface area (Å²) in [7, 11) is 0. The summed E-state index contributed by atoms with van der Waals surface area (Å²) in [6.07, 6.45) is 5.13. The van der Waals surface area contributed by atoms with Crippen LogP contribution < -0.4 is 14.8 Å². The first kappa shape index (κ1) is 24.5. The number of aryl methyl sites for hydroxylation is 1. The van der Waals surface area contributed by atoms with Crippen LogP contribution in [0.2, 0.25) is 0 Å². The highest BCUT2D eigenvalue weighted by molar-refractivity contribution is 8.00. The standard InChI is InChI=1S/C27H25N7O2S/c1-18-8-12-30-27(31-18)34-37-23-5-3-21(4-6-23)32-26-29-13-9-24(33-26)19-2-7-25(20(16-19)17-28)36-22-10-14-35-15-11-22/h2-9,12-13,16,22H,10-11,14-15H2,1H3,(H,29,32,33)(H,30,31,34). The Balaban J connectivity index is 1.24. The first-order chi connectivity index (χ1) is 18.2. The lowest BCUT2D eigenvalue weighted by atomic mass is 10.1. The van der Waals surface area contributed by atoms with Crippen LogP contribution in [0, 0.1) is 18.3 Å². The van der Waals surface area contributed by atoms with Crippen LogP contribution in [0.4, 0.5) is 17.6 Å². The van der Waals surface area contributed by atoms with E-state index in [0.717, 1.165) is 34.7 Å².